The maximum atomic E-state index is 12.8. The van der Waals surface area contributed by atoms with E-state index in [1.807, 2.05) is 34.9 Å². The highest BCUT2D eigenvalue weighted by Gasteiger charge is 2.36. The third kappa shape index (κ3) is 2.48. The van der Waals surface area contributed by atoms with E-state index in [4.69, 9.17) is 5.11 Å². The van der Waals surface area contributed by atoms with Crippen LogP contribution in [0.3, 0.4) is 0 Å². The van der Waals surface area contributed by atoms with Gasteiger partial charge >= 0.3 is 12.0 Å². The maximum Gasteiger partial charge on any atom is 0.324 e. The first-order chi connectivity index (χ1) is 10.1. The summed E-state index contributed by atoms with van der Waals surface area (Å²) in [6.07, 6.45) is 1.97. The molecule has 1 fully saturated rings. The Balaban J connectivity index is 1.74. The number of carbonyl (C=O) groups is 2. The Morgan fingerprint density at radius 3 is 2.71 bits per heavy atom. The number of piperidine rings is 1. The average Bonchev–Trinajstić information content (AvgIpc) is 2.90. The van der Waals surface area contributed by atoms with Gasteiger partial charge < -0.3 is 10.0 Å². The second-order valence-corrected chi connectivity index (χ2v) is 5.91. The fourth-order valence-corrected chi connectivity index (χ4v) is 3.37. The van der Waals surface area contributed by atoms with Crippen LogP contribution >= 0.6 is 0 Å². The van der Waals surface area contributed by atoms with Gasteiger partial charge in [-0.05, 0) is 37.8 Å². The van der Waals surface area contributed by atoms with Crippen molar-refractivity contribution in [1.29, 1.82) is 0 Å². The van der Waals surface area contributed by atoms with Crippen molar-refractivity contribution in [1.82, 2.24) is 4.90 Å². The van der Waals surface area contributed by atoms with E-state index in [0.717, 1.165) is 12.1 Å². The number of aliphatic carboxylic acids is 1. The normalized spacial score (nSPS) is 24.8. The van der Waals surface area contributed by atoms with Crippen LogP contribution in [0.5, 0.6) is 0 Å². The van der Waals surface area contributed by atoms with Gasteiger partial charge in [0.25, 0.3) is 0 Å². The second-order valence-electron chi connectivity index (χ2n) is 5.91. The lowest BCUT2D eigenvalue weighted by Gasteiger charge is -2.38. The molecular formula is C16H20N2O3. The third-order valence-corrected chi connectivity index (χ3v) is 4.59. The number of hydrogen-bond donors (Lipinski definition) is 1. The van der Waals surface area contributed by atoms with Crippen LogP contribution in [0.1, 0.15) is 25.3 Å². The van der Waals surface area contributed by atoms with Crippen LogP contribution in [-0.4, -0.2) is 41.1 Å². The van der Waals surface area contributed by atoms with Gasteiger partial charge in [0.15, 0.2) is 0 Å². The van der Waals surface area contributed by atoms with E-state index >= 15 is 0 Å². The number of amides is 2. The SMILES string of the molecule is C[C@@H]1C[C@H](C(=O)O)CCN1C(=O)N1CCc2ccccc21. The van der Waals surface area contributed by atoms with Crippen molar-refractivity contribution in [2.75, 3.05) is 18.0 Å². The van der Waals surface area contributed by atoms with Crippen molar-refractivity contribution < 1.29 is 14.7 Å². The lowest BCUT2D eigenvalue weighted by molar-refractivity contribution is -0.143. The molecule has 0 aromatic heterocycles. The van der Waals surface area contributed by atoms with Crippen LogP contribution < -0.4 is 4.90 Å². The van der Waals surface area contributed by atoms with E-state index in [1.165, 1.54) is 5.56 Å². The number of urea groups is 1. The lowest BCUT2D eigenvalue weighted by atomic mass is 9.92. The Kier molecular flexibility index (Phi) is 3.57. The highest BCUT2D eigenvalue weighted by molar-refractivity contribution is 5.94. The highest BCUT2D eigenvalue weighted by atomic mass is 16.4. The largest absolute Gasteiger partial charge is 0.481 e. The minimum atomic E-state index is -0.750. The van der Waals surface area contributed by atoms with Gasteiger partial charge in [-0.1, -0.05) is 18.2 Å². The van der Waals surface area contributed by atoms with E-state index < -0.39 is 5.97 Å². The van der Waals surface area contributed by atoms with E-state index in [-0.39, 0.29) is 18.0 Å². The highest BCUT2D eigenvalue weighted by Crippen LogP contribution is 2.31. The molecule has 1 aromatic carbocycles. The Bertz CT molecular complexity index is 572. The van der Waals surface area contributed by atoms with Crippen LogP contribution in [0.4, 0.5) is 10.5 Å². The molecule has 0 bridgehead atoms. The third-order valence-electron chi connectivity index (χ3n) is 4.59. The van der Waals surface area contributed by atoms with Crippen LogP contribution in [0.2, 0.25) is 0 Å². The number of carboxylic acid groups (broad SMARTS) is 1. The van der Waals surface area contributed by atoms with Crippen LogP contribution in [0.15, 0.2) is 24.3 Å². The number of hydrogen-bond acceptors (Lipinski definition) is 2. The zero-order chi connectivity index (χ0) is 15.0. The van der Waals surface area contributed by atoms with E-state index in [1.54, 1.807) is 0 Å². The van der Waals surface area contributed by atoms with Gasteiger partial charge in [0, 0.05) is 24.8 Å². The summed E-state index contributed by atoms with van der Waals surface area (Å²) in [5.74, 6) is -1.07. The molecule has 1 aromatic rings. The summed E-state index contributed by atoms with van der Waals surface area (Å²) in [7, 11) is 0. The zero-order valence-electron chi connectivity index (χ0n) is 12.2. The lowest BCUT2D eigenvalue weighted by Crippen LogP contribution is -2.51. The Morgan fingerprint density at radius 2 is 2.00 bits per heavy atom. The standard InChI is InChI=1S/C16H20N2O3/c1-11-10-13(15(19)20)7-8-17(11)16(21)18-9-6-12-4-2-3-5-14(12)18/h2-5,11,13H,6-10H2,1H3,(H,19,20)/t11-,13-/m1/s1. The molecule has 2 amide bonds. The number of rotatable bonds is 1. The van der Waals surface area contributed by atoms with Crippen molar-refractivity contribution in [2.45, 2.75) is 32.2 Å². The summed E-state index contributed by atoms with van der Waals surface area (Å²) in [5, 5.41) is 9.11. The molecule has 0 unspecified atom stereocenters. The minimum absolute atomic E-state index is 0.0105. The Hall–Kier alpha value is -2.04. The number of anilines is 1. The molecule has 3 rings (SSSR count). The van der Waals surface area contributed by atoms with Crippen molar-refractivity contribution in [3.05, 3.63) is 29.8 Å². The number of fused-ring (bicyclic) bond motifs is 1. The van der Waals surface area contributed by atoms with Gasteiger partial charge in [0.1, 0.15) is 0 Å². The smallest absolute Gasteiger partial charge is 0.324 e. The number of nitrogens with zero attached hydrogens (tertiary/aromatic N) is 2. The van der Waals surface area contributed by atoms with Crippen molar-refractivity contribution in [3.8, 4) is 0 Å². The minimum Gasteiger partial charge on any atom is -0.481 e. The van der Waals surface area contributed by atoms with Crippen LogP contribution in [0.25, 0.3) is 0 Å². The van der Waals surface area contributed by atoms with Gasteiger partial charge in [0.05, 0.1) is 5.92 Å². The van der Waals surface area contributed by atoms with Gasteiger partial charge in [-0.3, -0.25) is 9.69 Å². The average molecular weight is 288 g/mol. The molecule has 0 saturated carbocycles. The number of carbonyl (C=O) groups excluding carboxylic acids is 1. The van der Waals surface area contributed by atoms with Crippen LogP contribution in [-0.2, 0) is 11.2 Å². The predicted octanol–water partition coefficient (Wildman–Crippen LogP) is 2.35. The van der Waals surface area contributed by atoms with E-state index in [9.17, 15) is 9.59 Å². The molecule has 2 atom stereocenters. The van der Waals surface area contributed by atoms with Gasteiger partial charge in [0.2, 0.25) is 0 Å². The summed E-state index contributed by atoms with van der Waals surface area (Å²) in [6.45, 7) is 3.17. The monoisotopic (exact) mass is 288 g/mol. The topological polar surface area (TPSA) is 60.9 Å². The molecule has 0 aliphatic carbocycles. The summed E-state index contributed by atoms with van der Waals surface area (Å²) >= 11 is 0. The fraction of sp³-hybridized carbons (Fsp3) is 0.500. The first kappa shape index (κ1) is 13.9. The number of benzene rings is 1. The molecule has 1 N–H and O–H groups in total. The number of carboxylic acids is 1. The molecule has 0 radical (unpaired) electrons. The molecule has 5 heteroatoms. The van der Waals surface area contributed by atoms with Gasteiger partial charge in [-0.15, -0.1) is 0 Å². The Labute approximate surface area is 124 Å². The quantitative estimate of drug-likeness (QED) is 0.863. The zero-order valence-corrected chi connectivity index (χ0v) is 12.2. The molecule has 2 aliphatic heterocycles. The molecule has 2 aliphatic rings. The first-order valence-corrected chi connectivity index (χ1v) is 7.47. The molecule has 112 valence electrons. The van der Waals surface area contributed by atoms with Crippen LogP contribution in [0, 0.1) is 5.92 Å². The fourth-order valence-electron chi connectivity index (χ4n) is 3.37. The first-order valence-electron chi connectivity index (χ1n) is 7.47. The molecular weight excluding hydrogens is 268 g/mol. The summed E-state index contributed by atoms with van der Waals surface area (Å²) in [5.41, 5.74) is 2.20. The molecule has 0 spiro atoms. The van der Waals surface area contributed by atoms with E-state index in [0.29, 0.717) is 25.9 Å². The van der Waals surface area contributed by atoms with E-state index in [2.05, 4.69) is 6.07 Å². The Morgan fingerprint density at radius 1 is 1.24 bits per heavy atom. The molecule has 2 heterocycles. The van der Waals surface area contributed by atoms with Gasteiger partial charge in [-0.25, -0.2) is 4.79 Å². The van der Waals surface area contributed by atoms with Gasteiger partial charge in [-0.2, -0.15) is 0 Å². The van der Waals surface area contributed by atoms with Crippen molar-refractivity contribution in [3.63, 3.8) is 0 Å². The summed E-state index contributed by atoms with van der Waals surface area (Å²) in [6, 6.07) is 7.96. The maximum absolute atomic E-state index is 12.8. The van der Waals surface area contributed by atoms with Crippen molar-refractivity contribution >= 4 is 17.7 Å². The number of likely N-dealkylation sites (tertiary alicyclic amines) is 1. The number of para-hydroxylation sites is 1. The molecule has 1 saturated heterocycles. The summed E-state index contributed by atoms with van der Waals surface area (Å²) < 4.78 is 0. The molecule has 21 heavy (non-hydrogen) atoms. The summed E-state index contributed by atoms with van der Waals surface area (Å²) in [4.78, 5) is 27.5. The van der Waals surface area contributed by atoms with Crippen molar-refractivity contribution in [2.24, 2.45) is 5.92 Å². The molecule has 5 nitrogen and oxygen atoms in total. The predicted molar refractivity (Wildman–Crippen MR) is 79.4 cm³/mol. The second kappa shape index (κ2) is 5.39.